The Bertz CT molecular complexity index is 291. The zero-order chi connectivity index (χ0) is 11.3. The van der Waals surface area contributed by atoms with Crippen LogP contribution in [0.1, 0.15) is 31.4 Å². The van der Waals surface area contributed by atoms with Crippen LogP contribution < -0.4 is 0 Å². The van der Waals surface area contributed by atoms with E-state index in [1.54, 1.807) is 11.1 Å². The minimum absolute atomic E-state index is 0.745. The summed E-state index contributed by atoms with van der Waals surface area (Å²) in [5.74, 6) is 0. The number of aryl methyl sites for hydroxylation is 1. The van der Waals surface area contributed by atoms with Crippen LogP contribution in [0.4, 0.5) is 0 Å². The Morgan fingerprint density at radius 2 is 1.67 bits per heavy atom. The second kappa shape index (κ2) is 5.92. The van der Waals surface area contributed by atoms with Gasteiger partial charge in [-0.1, -0.05) is 38.1 Å². The normalized spacial score (nSPS) is 19.1. The van der Waals surface area contributed by atoms with Gasteiger partial charge in [0.2, 0.25) is 0 Å². The third kappa shape index (κ3) is 3.07. The summed E-state index contributed by atoms with van der Waals surface area (Å²) in [5.41, 5.74) is 3.10. The standard InChI is InChI=1S/C12H17N.C2H6/c1-13(2)12-8-7-10-5-3-4-6-11(10)9-12;1-2/h3-6,12H,7-9H2,1-2H3;1-2H3. The van der Waals surface area contributed by atoms with Crippen LogP contribution in [0.3, 0.4) is 0 Å². The van der Waals surface area contributed by atoms with Gasteiger partial charge in [0.1, 0.15) is 0 Å². The summed E-state index contributed by atoms with van der Waals surface area (Å²) in [4.78, 5) is 2.34. The van der Waals surface area contributed by atoms with Crippen molar-refractivity contribution in [2.75, 3.05) is 14.1 Å². The molecule has 0 spiro atoms. The first kappa shape index (κ1) is 12.3. The summed E-state index contributed by atoms with van der Waals surface area (Å²) in [7, 11) is 4.36. The van der Waals surface area contributed by atoms with Gasteiger partial charge in [0.05, 0.1) is 0 Å². The highest BCUT2D eigenvalue weighted by atomic mass is 15.1. The molecule has 0 aromatic heterocycles. The molecule has 0 heterocycles. The topological polar surface area (TPSA) is 3.24 Å². The summed E-state index contributed by atoms with van der Waals surface area (Å²) in [6, 6.07) is 9.58. The molecule has 0 saturated heterocycles. The van der Waals surface area contributed by atoms with E-state index in [4.69, 9.17) is 0 Å². The first-order valence-electron chi connectivity index (χ1n) is 6.00. The fourth-order valence-electron chi connectivity index (χ4n) is 2.12. The van der Waals surface area contributed by atoms with Gasteiger partial charge >= 0.3 is 0 Å². The molecule has 0 radical (unpaired) electrons. The summed E-state index contributed by atoms with van der Waals surface area (Å²) in [5, 5.41) is 0. The van der Waals surface area contributed by atoms with E-state index in [1.165, 1.54) is 19.3 Å². The molecule has 1 aromatic carbocycles. The molecule has 0 bridgehead atoms. The fourth-order valence-corrected chi connectivity index (χ4v) is 2.12. The molecule has 0 saturated carbocycles. The zero-order valence-corrected chi connectivity index (χ0v) is 10.5. The Labute approximate surface area is 94.1 Å². The molecule has 0 amide bonds. The summed E-state index contributed by atoms with van der Waals surface area (Å²) >= 11 is 0. The largest absolute Gasteiger partial charge is 0.306 e. The Balaban J connectivity index is 0.000000531. The van der Waals surface area contributed by atoms with Gasteiger partial charge in [-0.25, -0.2) is 0 Å². The first-order chi connectivity index (χ1) is 7.27. The summed E-state index contributed by atoms with van der Waals surface area (Å²) in [6.45, 7) is 4.00. The molecule has 2 rings (SSSR count). The second-order valence-electron chi connectivity index (χ2n) is 4.13. The van der Waals surface area contributed by atoms with Gasteiger partial charge in [-0.2, -0.15) is 0 Å². The van der Waals surface area contributed by atoms with Crippen molar-refractivity contribution in [3.8, 4) is 0 Å². The predicted octanol–water partition coefficient (Wildman–Crippen LogP) is 3.13. The lowest BCUT2D eigenvalue weighted by Crippen LogP contribution is -2.33. The number of rotatable bonds is 1. The fraction of sp³-hybridized carbons (Fsp3) is 0.571. The second-order valence-corrected chi connectivity index (χ2v) is 4.13. The number of hydrogen-bond donors (Lipinski definition) is 0. The average Bonchev–Trinajstić information content (AvgIpc) is 2.31. The molecule has 15 heavy (non-hydrogen) atoms. The Morgan fingerprint density at radius 3 is 2.27 bits per heavy atom. The molecule has 1 unspecified atom stereocenters. The van der Waals surface area contributed by atoms with E-state index in [9.17, 15) is 0 Å². The van der Waals surface area contributed by atoms with Crippen molar-refractivity contribution >= 4 is 0 Å². The van der Waals surface area contributed by atoms with Crippen molar-refractivity contribution in [1.82, 2.24) is 4.90 Å². The maximum atomic E-state index is 2.34. The number of fused-ring (bicyclic) bond motifs is 1. The Morgan fingerprint density at radius 1 is 1.07 bits per heavy atom. The van der Waals surface area contributed by atoms with Crippen molar-refractivity contribution in [3.63, 3.8) is 0 Å². The average molecular weight is 205 g/mol. The van der Waals surface area contributed by atoms with E-state index in [1.807, 2.05) is 13.8 Å². The zero-order valence-electron chi connectivity index (χ0n) is 10.5. The number of likely N-dealkylation sites (N-methyl/N-ethyl adjacent to an activating group) is 1. The van der Waals surface area contributed by atoms with Crippen LogP contribution in [0, 0.1) is 0 Å². The maximum absolute atomic E-state index is 2.34. The van der Waals surface area contributed by atoms with Gasteiger partial charge in [0.25, 0.3) is 0 Å². The third-order valence-electron chi connectivity index (χ3n) is 3.05. The number of nitrogens with zero attached hydrogens (tertiary/aromatic N) is 1. The lowest BCUT2D eigenvalue weighted by atomic mass is 9.88. The number of hydrogen-bond acceptors (Lipinski definition) is 1. The summed E-state index contributed by atoms with van der Waals surface area (Å²) in [6.07, 6.45) is 3.78. The third-order valence-corrected chi connectivity index (χ3v) is 3.05. The van der Waals surface area contributed by atoms with E-state index < -0.39 is 0 Å². The molecule has 0 aliphatic heterocycles. The lowest BCUT2D eigenvalue weighted by Gasteiger charge is -2.29. The minimum Gasteiger partial charge on any atom is -0.306 e. The minimum atomic E-state index is 0.745. The molecular weight excluding hydrogens is 182 g/mol. The highest BCUT2D eigenvalue weighted by Gasteiger charge is 2.18. The number of benzene rings is 1. The van der Waals surface area contributed by atoms with Crippen LogP contribution in [0.25, 0.3) is 0 Å². The van der Waals surface area contributed by atoms with Gasteiger partial charge in [0.15, 0.2) is 0 Å². The SMILES string of the molecule is CC.CN(C)C1CCc2ccccc2C1. The molecule has 1 aromatic rings. The van der Waals surface area contributed by atoms with Crippen LogP contribution in [-0.2, 0) is 12.8 Å². The van der Waals surface area contributed by atoms with E-state index in [0.717, 1.165) is 6.04 Å². The Kier molecular flexibility index (Phi) is 4.83. The highest BCUT2D eigenvalue weighted by Crippen LogP contribution is 2.22. The van der Waals surface area contributed by atoms with Gasteiger partial charge < -0.3 is 4.90 Å². The molecule has 0 fully saturated rings. The Hall–Kier alpha value is -0.820. The maximum Gasteiger partial charge on any atom is 0.0133 e. The van der Waals surface area contributed by atoms with Crippen LogP contribution in [0.2, 0.25) is 0 Å². The molecule has 1 aliphatic carbocycles. The van der Waals surface area contributed by atoms with Crippen molar-refractivity contribution in [1.29, 1.82) is 0 Å². The van der Waals surface area contributed by atoms with Crippen LogP contribution >= 0.6 is 0 Å². The van der Waals surface area contributed by atoms with Gasteiger partial charge in [-0.15, -0.1) is 0 Å². The van der Waals surface area contributed by atoms with E-state index >= 15 is 0 Å². The lowest BCUT2D eigenvalue weighted by molar-refractivity contribution is 0.268. The predicted molar refractivity (Wildman–Crippen MR) is 67.3 cm³/mol. The van der Waals surface area contributed by atoms with Gasteiger partial charge in [-0.05, 0) is 44.5 Å². The van der Waals surface area contributed by atoms with Crippen molar-refractivity contribution < 1.29 is 0 Å². The van der Waals surface area contributed by atoms with Crippen molar-refractivity contribution in [2.45, 2.75) is 39.2 Å². The van der Waals surface area contributed by atoms with E-state index in [-0.39, 0.29) is 0 Å². The highest BCUT2D eigenvalue weighted by molar-refractivity contribution is 5.30. The van der Waals surface area contributed by atoms with Crippen LogP contribution in [-0.4, -0.2) is 25.0 Å². The van der Waals surface area contributed by atoms with E-state index in [0.29, 0.717) is 0 Å². The molecule has 1 nitrogen and oxygen atoms in total. The smallest absolute Gasteiger partial charge is 0.0133 e. The first-order valence-corrected chi connectivity index (χ1v) is 6.00. The molecular formula is C14H23N. The quantitative estimate of drug-likeness (QED) is 0.681. The van der Waals surface area contributed by atoms with Crippen molar-refractivity contribution in [2.24, 2.45) is 0 Å². The summed E-state index contributed by atoms with van der Waals surface area (Å²) < 4.78 is 0. The van der Waals surface area contributed by atoms with Crippen LogP contribution in [0.5, 0.6) is 0 Å². The van der Waals surface area contributed by atoms with Crippen LogP contribution in [0.15, 0.2) is 24.3 Å². The monoisotopic (exact) mass is 205 g/mol. The molecule has 84 valence electrons. The molecule has 1 aliphatic rings. The van der Waals surface area contributed by atoms with Crippen molar-refractivity contribution in [3.05, 3.63) is 35.4 Å². The molecule has 0 N–H and O–H groups in total. The van der Waals surface area contributed by atoms with E-state index in [2.05, 4.69) is 43.3 Å². The van der Waals surface area contributed by atoms with Gasteiger partial charge in [-0.3, -0.25) is 0 Å². The molecule has 1 atom stereocenters. The molecule has 1 heteroatoms. The van der Waals surface area contributed by atoms with Gasteiger partial charge in [0, 0.05) is 6.04 Å².